The minimum atomic E-state index is -0.816. The van der Waals surface area contributed by atoms with E-state index in [1.807, 2.05) is 36.4 Å². The molecule has 2 heterocycles. The Morgan fingerprint density at radius 3 is 2.61 bits per heavy atom. The average Bonchev–Trinajstić information content (AvgIpc) is 3.29. The van der Waals surface area contributed by atoms with E-state index in [9.17, 15) is 9.59 Å². The topological polar surface area (TPSA) is 101 Å². The summed E-state index contributed by atoms with van der Waals surface area (Å²) in [5.41, 5.74) is 5.08. The molecule has 0 saturated heterocycles. The van der Waals surface area contributed by atoms with Gasteiger partial charge in [0.2, 0.25) is 0 Å². The van der Waals surface area contributed by atoms with E-state index >= 15 is 0 Å². The Hall–Kier alpha value is -3.97. The van der Waals surface area contributed by atoms with Crippen molar-refractivity contribution in [3.05, 3.63) is 88.6 Å². The average molecular weight is 502 g/mol. The first-order valence-electron chi connectivity index (χ1n) is 11.8. The van der Waals surface area contributed by atoms with E-state index in [0.29, 0.717) is 47.5 Å². The maximum atomic E-state index is 13.1. The monoisotopic (exact) mass is 501 g/mol. The lowest BCUT2D eigenvalue weighted by Crippen LogP contribution is -2.29. The molecule has 5 rings (SSSR count). The first kappa shape index (κ1) is 23.8. The molecule has 36 heavy (non-hydrogen) atoms. The second-order valence-corrected chi connectivity index (χ2v) is 9.14. The van der Waals surface area contributed by atoms with Gasteiger partial charge in [-0.3, -0.25) is 9.59 Å². The SMILES string of the molecule is O=C(O)CCCCc1nc2cc(C(=O)N[C@@H]3COc4ccccc43)ccc2nc1-c1ccc(Cl)cc1. The molecular weight excluding hydrogens is 478 g/mol. The number of carbonyl (C=O) groups is 2. The van der Waals surface area contributed by atoms with Crippen LogP contribution in [-0.2, 0) is 11.2 Å². The summed E-state index contributed by atoms with van der Waals surface area (Å²) in [6.45, 7) is 0.392. The number of aliphatic carboxylic acids is 1. The van der Waals surface area contributed by atoms with Gasteiger partial charge in [0.25, 0.3) is 5.91 Å². The summed E-state index contributed by atoms with van der Waals surface area (Å²) in [5, 5.41) is 12.6. The molecule has 1 atom stereocenters. The number of halogens is 1. The summed E-state index contributed by atoms with van der Waals surface area (Å²) in [7, 11) is 0. The highest BCUT2D eigenvalue weighted by atomic mass is 35.5. The molecule has 2 N–H and O–H groups in total. The Labute approximate surface area is 213 Å². The summed E-state index contributed by atoms with van der Waals surface area (Å²) in [5.74, 6) is -0.244. The molecule has 0 bridgehead atoms. The van der Waals surface area contributed by atoms with E-state index in [-0.39, 0.29) is 18.4 Å². The molecule has 7 nitrogen and oxygen atoms in total. The van der Waals surface area contributed by atoms with Crippen LogP contribution in [0.25, 0.3) is 22.3 Å². The highest BCUT2D eigenvalue weighted by Gasteiger charge is 2.25. The third-order valence-corrected chi connectivity index (χ3v) is 6.43. The summed E-state index contributed by atoms with van der Waals surface area (Å²) in [6, 6.07) is 20.1. The van der Waals surface area contributed by atoms with Crippen molar-refractivity contribution in [3.8, 4) is 17.0 Å². The van der Waals surface area contributed by atoms with Gasteiger partial charge < -0.3 is 15.2 Å². The van der Waals surface area contributed by atoms with Crippen LogP contribution in [0.5, 0.6) is 5.75 Å². The molecule has 0 unspecified atom stereocenters. The van der Waals surface area contributed by atoms with Crippen LogP contribution in [0.2, 0.25) is 5.02 Å². The maximum Gasteiger partial charge on any atom is 0.303 e. The predicted molar refractivity (Wildman–Crippen MR) is 137 cm³/mol. The van der Waals surface area contributed by atoms with Crippen LogP contribution in [0.4, 0.5) is 0 Å². The summed E-state index contributed by atoms with van der Waals surface area (Å²) >= 11 is 6.06. The number of amides is 1. The zero-order chi connectivity index (χ0) is 25.1. The Kier molecular flexibility index (Phi) is 6.82. The van der Waals surface area contributed by atoms with Gasteiger partial charge in [-0.25, -0.2) is 9.97 Å². The fourth-order valence-electron chi connectivity index (χ4n) is 4.34. The summed E-state index contributed by atoms with van der Waals surface area (Å²) in [4.78, 5) is 33.7. The first-order chi connectivity index (χ1) is 17.5. The molecule has 182 valence electrons. The van der Waals surface area contributed by atoms with Crippen molar-refractivity contribution in [2.75, 3.05) is 6.61 Å². The van der Waals surface area contributed by atoms with Gasteiger partial charge in [0, 0.05) is 28.1 Å². The van der Waals surface area contributed by atoms with Crippen molar-refractivity contribution in [2.24, 2.45) is 0 Å². The zero-order valence-corrected chi connectivity index (χ0v) is 20.2. The van der Waals surface area contributed by atoms with Gasteiger partial charge in [0.05, 0.1) is 28.5 Å². The van der Waals surface area contributed by atoms with Gasteiger partial charge in [0.1, 0.15) is 12.4 Å². The van der Waals surface area contributed by atoms with Crippen LogP contribution in [0.3, 0.4) is 0 Å². The molecule has 3 aromatic carbocycles. The molecule has 0 aliphatic carbocycles. The van der Waals surface area contributed by atoms with E-state index in [0.717, 1.165) is 28.3 Å². The van der Waals surface area contributed by atoms with Gasteiger partial charge in [-0.2, -0.15) is 0 Å². The van der Waals surface area contributed by atoms with Crippen LogP contribution in [0.15, 0.2) is 66.7 Å². The minimum absolute atomic E-state index is 0.107. The molecule has 0 spiro atoms. The number of nitrogens with zero attached hydrogens (tertiary/aromatic N) is 2. The standard InChI is InChI=1S/C28H24ClN3O4/c29-19-12-9-17(10-13-19)27-22(6-2-4-8-26(33)34)30-23-15-18(11-14-21(23)31-27)28(35)32-24-16-36-25-7-3-1-5-20(24)25/h1,3,5,7,9-15,24H,2,4,6,8,16H2,(H,32,35)(H,33,34)/t24-/m1/s1. The molecule has 0 saturated carbocycles. The number of carboxylic acids is 1. The van der Waals surface area contributed by atoms with Crippen LogP contribution < -0.4 is 10.1 Å². The predicted octanol–water partition coefficient (Wildman–Crippen LogP) is 5.61. The van der Waals surface area contributed by atoms with E-state index in [2.05, 4.69) is 5.32 Å². The molecule has 8 heteroatoms. The molecule has 0 fully saturated rings. The maximum absolute atomic E-state index is 13.1. The number of hydrogen-bond acceptors (Lipinski definition) is 5. The highest BCUT2D eigenvalue weighted by Crippen LogP contribution is 2.32. The second kappa shape index (κ2) is 10.3. The number of unbranched alkanes of at least 4 members (excludes halogenated alkanes) is 1. The van der Waals surface area contributed by atoms with E-state index in [1.54, 1.807) is 30.3 Å². The second-order valence-electron chi connectivity index (χ2n) is 8.71. The molecule has 1 aliphatic heterocycles. The van der Waals surface area contributed by atoms with Crippen LogP contribution in [-0.4, -0.2) is 33.6 Å². The number of aryl methyl sites for hydroxylation is 1. The van der Waals surface area contributed by atoms with Crippen molar-refractivity contribution in [2.45, 2.75) is 31.7 Å². The van der Waals surface area contributed by atoms with Crippen molar-refractivity contribution >= 4 is 34.5 Å². The lowest BCUT2D eigenvalue weighted by Gasteiger charge is -2.13. The third kappa shape index (κ3) is 5.16. The van der Waals surface area contributed by atoms with Crippen molar-refractivity contribution in [1.29, 1.82) is 0 Å². The van der Waals surface area contributed by atoms with Gasteiger partial charge >= 0.3 is 5.97 Å². The number of hydrogen-bond donors (Lipinski definition) is 2. The Balaban J connectivity index is 1.43. The first-order valence-corrected chi connectivity index (χ1v) is 12.2. The lowest BCUT2D eigenvalue weighted by atomic mass is 10.0. The van der Waals surface area contributed by atoms with Crippen LogP contribution >= 0.6 is 11.6 Å². The van der Waals surface area contributed by atoms with Crippen LogP contribution in [0.1, 0.15) is 46.9 Å². The quantitative estimate of drug-likeness (QED) is 0.304. The molecular formula is C28H24ClN3O4. The fraction of sp³-hybridized carbons (Fsp3) is 0.214. The molecule has 0 radical (unpaired) electrons. The number of rotatable bonds is 8. The Bertz CT molecular complexity index is 1440. The van der Waals surface area contributed by atoms with E-state index < -0.39 is 5.97 Å². The molecule has 4 aromatic rings. The normalized spacial score (nSPS) is 14.3. The number of fused-ring (bicyclic) bond motifs is 2. The number of carboxylic acid groups (broad SMARTS) is 1. The van der Waals surface area contributed by atoms with Gasteiger partial charge in [0.15, 0.2) is 0 Å². The minimum Gasteiger partial charge on any atom is -0.491 e. The Morgan fingerprint density at radius 2 is 1.81 bits per heavy atom. The van der Waals surface area contributed by atoms with Gasteiger partial charge in [-0.15, -0.1) is 0 Å². The van der Waals surface area contributed by atoms with Crippen molar-refractivity contribution < 1.29 is 19.4 Å². The van der Waals surface area contributed by atoms with E-state index in [1.165, 1.54) is 0 Å². The van der Waals surface area contributed by atoms with Crippen molar-refractivity contribution in [1.82, 2.24) is 15.3 Å². The number of carbonyl (C=O) groups excluding carboxylic acids is 1. The molecule has 1 aromatic heterocycles. The zero-order valence-electron chi connectivity index (χ0n) is 19.4. The molecule has 1 aliphatic rings. The van der Waals surface area contributed by atoms with Gasteiger partial charge in [-0.1, -0.05) is 41.9 Å². The van der Waals surface area contributed by atoms with Crippen molar-refractivity contribution in [3.63, 3.8) is 0 Å². The molecule has 1 amide bonds. The summed E-state index contributed by atoms with van der Waals surface area (Å²) < 4.78 is 5.68. The Morgan fingerprint density at radius 1 is 1.00 bits per heavy atom. The third-order valence-electron chi connectivity index (χ3n) is 6.18. The highest BCUT2D eigenvalue weighted by molar-refractivity contribution is 6.30. The van der Waals surface area contributed by atoms with Gasteiger partial charge in [-0.05, 0) is 55.7 Å². The number of para-hydroxylation sites is 1. The van der Waals surface area contributed by atoms with E-state index in [4.69, 9.17) is 31.4 Å². The smallest absolute Gasteiger partial charge is 0.303 e. The largest absolute Gasteiger partial charge is 0.491 e. The lowest BCUT2D eigenvalue weighted by molar-refractivity contribution is -0.137. The number of aromatic nitrogens is 2. The summed E-state index contributed by atoms with van der Waals surface area (Å²) in [6.07, 6.45) is 1.88. The number of benzene rings is 3. The number of ether oxygens (including phenoxy) is 1. The number of nitrogens with one attached hydrogen (secondary N) is 1. The fourth-order valence-corrected chi connectivity index (χ4v) is 4.46. The van der Waals surface area contributed by atoms with Crippen LogP contribution in [0, 0.1) is 0 Å².